The topological polar surface area (TPSA) is 70.6 Å². The molecule has 2 aliphatic heterocycles. The Bertz CT molecular complexity index is 933. The number of hydrogen-bond acceptors (Lipinski definition) is 4. The van der Waals surface area contributed by atoms with Crippen molar-refractivity contribution in [2.45, 2.75) is 38.7 Å². The Labute approximate surface area is 165 Å². The monoisotopic (exact) mass is 378 g/mol. The van der Waals surface area contributed by atoms with E-state index in [0.29, 0.717) is 31.9 Å². The van der Waals surface area contributed by atoms with Crippen LogP contribution in [0.5, 0.6) is 5.75 Å². The fourth-order valence-electron chi connectivity index (χ4n) is 3.79. The van der Waals surface area contributed by atoms with Crippen molar-refractivity contribution in [3.63, 3.8) is 0 Å². The minimum absolute atomic E-state index is 0.163. The van der Waals surface area contributed by atoms with Gasteiger partial charge >= 0.3 is 0 Å². The van der Waals surface area contributed by atoms with Crippen LogP contribution in [0.15, 0.2) is 42.5 Å². The van der Waals surface area contributed by atoms with Gasteiger partial charge in [0.2, 0.25) is 5.91 Å². The fraction of sp³-hybridized carbons (Fsp3) is 0.348. The van der Waals surface area contributed by atoms with E-state index in [1.54, 1.807) is 6.08 Å². The number of carbonyl (C=O) groups excluding carboxylic acids is 1. The van der Waals surface area contributed by atoms with E-state index >= 15 is 0 Å². The summed E-state index contributed by atoms with van der Waals surface area (Å²) >= 11 is 0. The number of carbonyl (C=O) groups is 1. The van der Waals surface area contributed by atoms with Gasteiger partial charge in [0.05, 0.1) is 12.7 Å². The number of β-amino-alcohol motifs (C(OH)–C–C–N with tert-alkyl or cyclic N) is 1. The zero-order chi connectivity index (χ0) is 19.7. The molecule has 1 atom stereocenters. The molecule has 2 aliphatic rings. The first-order chi connectivity index (χ1) is 13.5. The van der Waals surface area contributed by atoms with Crippen molar-refractivity contribution in [2.24, 2.45) is 0 Å². The van der Waals surface area contributed by atoms with Gasteiger partial charge in [0.1, 0.15) is 5.75 Å². The van der Waals surface area contributed by atoms with Crippen LogP contribution < -0.4 is 15.4 Å². The van der Waals surface area contributed by atoms with E-state index in [1.807, 2.05) is 24.3 Å². The number of amides is 1. The van der Waals surface area contributed by atoms with Gasteiger partial charge in [-0.25, -0.2) is 0 Å². The molecule has 0 aromatic heterocycles. The molecule has 0 saturated heterocycles. The molecule has 1 unspecified atom stereocenters. The highest BCUT2D eigenvalue weighted by atomic mass is 16.5. The Morgan fingerprint density at radius 3 is 3.00 bits per heavy atom. The first kappa shape index (κ1) is 18.6. The van der Waals surface area contributed by atoms with E-state index in [9.17, 15) is 9.90 Å². The van der Waals surface area contributed by atoms with Crippen LogP contribution in [-0.2, 0) is 11.2 Å². The summed E-state index contributed by atoms with van der Waals surface area (Å²) in [5, 5.41) is 16.1. The fourth-order valence-corrected chi connectivity index (χ4v) is 3.79. The molecule has 4 rings (SSSR count). The quantitative estimate of drug-likeness (QED) is 0.708. The van der Waals surface area contributed by atoms with Crippen LogP contribution in [-0.4, -0.2) is 30.3 Å². The molecular weight excluding hydrogens is 352 g/mol. The van der Waals surface area contributed by atoms with Gasteiger partial charge in [-0.05, 0) is 35.3 Å². The summed E-state index contributed by atoms with van der Waals surface area (Å²) in [5.74, 6) is 1.12. The second-order valence-electron chi connectivity index (χ2n) is 7.74. The Hall–Kier alpha value is -2.79. The largest absolute Gasteiger partial charge is 0.493 e. The third-order valence-electron chi connectivity index (χ3n) is 5.35. The molecule has 0 aliphatic carbocycles. The van der Waals surface area contributed by atoms with E-state index in [0.717, 1.165) is 33.8 Å². The van der Waals surface area contributed by atoms with Gasteiger partial charge in [-0.2, -0.15) is 0 Å². The normalized spacial score (nSPS) is 19.4. The molecule has 3 N–H and O–H groups in total. The maximum atomic E-state index is 12.7. The summed E-state index contributed by atoms with van der Waals surface area (Å²) in [6.07, 6.45) is 2.46. The number of nitrogens with one attached hydrogen (secondary N) is 2. The number of benzene rings is 2. The molecule has 5 heteroatoms. The van der Waals surface area contributed by atoms with Crippen molar-refractivity contribution in [3.05, 3.63) is 59.2 Å². The number of fused-ring (bicyclic) bond motifs is 2. The first-order valence-electron chi connectivity index (χ1n) is 9.84. The summed E-state index contributed by atoms with van der Waals surface area (Å²) in [6.45, 7) is 5.41. The molecule has 2 aromatic rings. The van der Waals surface area contributed by atoms with Gasteiger partial charge < -0.3 is 20.5 Å². The second-order valence-corrected chi connectivity index (χ2v) is 7.74. The molecule has 2 heterocycles. The SMILES string of the molecule is CC(C)c1ccc2c(c1)OCCC2=CC(=O)Nc1cccc2c1CC(O)CN2. The lowest BCUT2D eigenvalue weighted by Crippen LogP contribution is -2.28. The van der Waals surface area contributed by atoms with Crippen molar-refractivity contribution in [3.8, 4) is 5.75 Å². The zero-order valence-electron chi connectivity index (χ0n) is 16.3. The molecule has 0 bridgehead atoms. The second kappa shape index (κ2) is 7.68. The van der Waals surface area contributed by atoms with E-state index in [4.69, 9.17) is 4.74 Å². The van der Waals surface area contributed by atoms with Gasteiger partial charge in [0, 0.05) is 48.0 Å². The Balaban J connectivity index is 1.57. The smallest absolute Gasteiger partial charge is 0.248 e. The highest BCUT2D eigenvalue weighted by Crippen LogP contribution is 2.35. The van der Waals surface area contributed by atoms with Crippen molar-refractivity contribution in [1.29, 1.82) is 0 Å². The highest BCUT2D eigenvalue weighted by Gasteiger charge is 2.21. The Morgan fingerprint density at radius 1 is 1.32 bits per heavy atom. The minimum atomic E-state index is -0.443. The zero-order valence-corrected chi connectivity index (χ0v) is 16.3. The van der Waals surface area contributed by atoms with E-state index in [-0.39, 0.29) is 5.91 Å². The number of rotatable bonds is 3. The molecule has 0 saturated carbocycles. The summed E-state index contributed by atoms with van der Waals surface area (Å²) in [4.78, 5) is 12.7. The lowest BCUT2D eigenvalue weighted by atomic mass is 9.94. The average Bonchev–Trinajstić information content (AvgIpc) is 2.68. The van der Waals surface area contributed by atoms with Crippen LogP contribution in [0.3, 0.4) is 0 Å². The lowest BCUT2D eigenvalue weighted by Gasteiger charge is -2.25. The van der Waals surface area contributed by atoms with Gasteiger partial charge in [-0.15, -0.1) is 0 Å². The van der Waals surface area contributed by atoms with E-state index in [1.165, 1.54) is 5.56 Å². The van der Waals surface area contributed by atoms with Crippen LogP contribution in [0.2, 0.25) is 0 Å². The standard InChI is InChI=1S/C23H26N2O3/c1-14(2)15-6-7-18-16(8-9-28-22(18)10-15)11-23(27)25-21-5-3-4-20-19(21)12-17(26)13-24-20/h3-7,10-11,14,17,24,26H,8-9,12-13H2,1-2H3,(H,25,27). The molecule has 2 aromatic carbocycles. The van der Waals surface area contributed by atoms with Gasteiger partial charge in [0.25, 0.3) is 0 Å². The number of anilines is 2. The minimum Gasteiger partial charge on any atom is -0.493 e. The molecule has 0 radical (unpaired) electrons. The highest BCUT2D eigenvalue weighted by molar-refractivity contribution is 6.05. The summed E-state index contributed by atoms with van der Waals surface area (Å²) in [5.41, 5.74) is 5.85. The number of aliphatic hydroxyl groups is 1. The van der Waals surface area contributed by atoms with Crippen molar-refractivity contribution in [2.75, 3.05) is 23.8 Å². The van der Waals surface area contributed by atoms with Crippen LogP contribution >= 0.6 is 0 Å². The van der Waals surface area contributed by atoms with Crippen LogP contribution in [0, 0.1) is 0 Å². The van der Waals surface area contributed by atoms with Gasteiger partial charge in [-0.1, -0.05) is 32.0 Å². The predicted octanol–water partition coefficient (Wildman–Crippen LogP) is 3.94. The Kier molecular flexibility index (Phi) is 5.09. The third-order valence-corrected chi connectivity index (χ3v) is 5.35. The molecule has 5 nitrogen and oxygen atoms in total. The first-order valence-corrected chi connectivity index (χ1v) is 9.84. The summed E-state index contributed by atoms with van der Waals surface area (Å²) in [6, 6.07) is 12.0. The van der Waals surface area contributed by atoms with Crippen molar-refractivity contribution in [1.82, 2.24) is 0 Å². The Morgan fingerprint density at radius 2 is 2.18 bits per heavy atom. The van der Waals surface area contributed by atoms with Gasteiger partial charge in [-0.3, -0.25) is 4.79 Å². The molecule has 146 valence electrons. The van der Waals surface area contributed by atoms with Gasteiger partial charge in [0.15, 0.2) is 0 Å². The molecule has 28 heavy (non-hydrogen) atoms. The molecule has 0 fully saturated rings. The maximum Gasteiger partial charge on any atom is 0.248 e. The van der Waals surface area contributed by atoms with Crippen molar-refractivity contribution < 1.29 is 14.6 Å². The summed E-state index contributed by atoms with van der Waals surface area (Å²) < 4.78 is 5.82. The average molecular weight is 378 g/mol. The molecule has 1 amide bonds. The van der Waals surface area contributed by atoms with E-state index < -0.39 is 6.10 Å². The molecule has 0 spiro atoms. The van der Waals surface area contributed by atoms with Crippen LogP contribution in [0.1, 0.15) is 42.9 Å². The predicted molar refractivity (Wildman–Crippen MR) is 112 cm³/mol. The van der Waals surface area contributed by atoms with E-state index in [2.05, 4.69) is 36.6 Å². The molecular formula is C23H26N2O3. The number of aliphatic hydroxyl groups excluding tert-OH is 1. The third kappa shape index (κ3) is 3.76. The maximum absolute atomic E-state index is 12.7. The van der Waals surface area contributed by atoms with Crippen LogP contribution in [0.25, 0.3) is 5.57 Å². The summed E-state index contributed by atoms with van der Waals surface area (Å²) in [7, 11) is 0. The van der Waals surface area contributed by atoms with Crippen LogP contribution in [0.4, 0.5) is 11.4 Å². The lowest BCUT2D eigenvalue weighted by molar-refractivity contribution is -0.111. The number of ether oxygens (including phenoxy) is 1. The number of hydrogen-bond donors (Lipinski definition) is 3. The van der Waals surface area contributed by atoms with Crippen molar-refractivity contribution >= 4 is 22.9 Å².